The summed E-state index contributed by atoms with van der Waals surface area (Å²) in [5.74, 6) is 1.63. The van der Waals surface area contributed by atoms with Crippen LogP contribution in [0.1, 0.15) is 56.9 Å². The van der Waals surface area contributed by atoms with E-state index in [0.717, 1.165) is 50.4 Å². The smallest absolute Gasteiger partial charge is 0.118 e. The lowest BCUT2D eigenvalue weighted by Gasteiger charge is -2.58. The second-order valence-corrected chi connectivity index (χ2v) is 8.77. The third-order valence-electron chi connectivity index (χ3n) is 7.31. The first-order valence-corrected chi connectivity index (χ1v) is 10.4. The van der Waals surface area contributed by atoms with Crippen LogP contribution in [0, 0.1) is 5.92 Å². The van der Waals surface area contributed by atoms with Gasteiger partial charge < -0.3 is 14.9 Å². The highest BCUT2D eigenvalue weighted by atomic mass is 16.5. The Kier molecular flexibility index (Phi) is 5.02. The lowest BCUT2D eigenvalue weighted by Crippen LogP contribution is -2.72. The molecule has 4 nitrogen and oxygen atoms in total. The number of nitrogens with zero attached hydrogens (tertiary/aromatic N) is 1. The fourth-order valence-corrected chi connectivity index (χ4v) is 5.37. The standard InChI is InChI=1S/C22H33NO3/c1-26-19-9-7-17(8-10-19)15-20-22(25)12-3-2-11-21(22,24)13-14-23(20)16-18-5-4-6-18/h7-10,18,20,24-25H,2-6,11-16H2,1H3/t20-,21-,22?/m0/s1. The van der Waals surface area contributed by atoms with E-state index < -0.39 is 11.2 Å². The van der Waals surface area contributed by atoms with Crippen molar-refractivity contribution >= 4 is 0 Å². The van der Waals surface area contributed by atoms with Crippen molar-refractivity contribution in [1.82, 2.24) is 4.90 Å². The summed E-state index contributed by atoms with van der Waals surface area (Å²) in [6, 6.07) is 8.17. The predicted molar refractivity (Wildman–Crippen MR) is 102 cm³/mol. The molecule has 4 rings (SSSR count). The van der Waals surface area contributed by atoms with Crippen LogP contribution in [0.15, 0.2) is 24.3 Å². The van der Waals surface area contributed by atoms with Gasteiger partial charge in [-0.25, -0.2) is 0 Å². The van der Waals surface area contributed by atoms with Crippen molar-refractivity contribution in [3.63, 3.8) is 0 Å². The van der Waals surface area contributed by atoms with Crippen molar-refractivity contribution in [2.75, 3.05) is 20.2 Å². The van der Waals surface area contributed by atoms with Gasteiger partial charge in [0, 0.05) is 19.1 Å². The van der Waals surface area contributed by atoms with Gasteiger partial charge in [0.2, 0.25) is 0 Å². The average Bonchev–Trinajstić information content (AvgIpc) is 2.61. The van der Waals surface area contributed by atoms with E-state index in [1.54, 1.807) is 7.11 Å². The van der Waals surface area contributed by atoms with E-state index in [1.807, 2.05) is 12.1 Å². The third-order valence-corrected chi connectivity index (χ3v) is 7.31. The van der Waals surface area contributed by atoms with Crippen LogP contribution in [-0.4, -0.2) is 52.6 Å². The molecule has 0 spiro atoms. The third kappa shape index (κ3) is 3.17. The van der Waals surface area contributed by atoms with Crippen molar-refractivity contribution in [2.24, 2.45) is 5.92 Å². The number of likely N-dealkylation sites (tertiary alicyclic amines) is 1. The van der Waals surface area contributed by atoms with E-state index in [4.69, 9.17) is 4.74 Å². The molecule has 0 amide bonds. The molecule has 26 heavy (non-hydrogen) atoms. The highest BCUT2D eigenvalue weighted by Crippen LogP contribution is 2.47. The molecule has 3 atom stereocenters. The number of hydrogen-bond acceptors (Lipinski definition) is 4. The second kappa shape index (κ2) is 7.14. The van der Waals surface area contributed by atoms with Gasteiger partial charge in [-0.2, -0.15) is 0 Å². The van der Waals surface area contributed by atoms with E-state index in [2.05, 4.69) is 17.0 Å². The van der Waals surface area contributed by atoms with E-state index in [1.165, 1.54) is 24.8 Å². The predicted octanol–water partition coefficient (Wildman–Crippen LogP) is 3.15. The second-order valence-electron chi connectivity index (χ2n) is 8.77. The molecule has 1 unspecified atom stereocenters. The van der Waals surface area contributed by atoms with E-state index >= 15 is 0 Å². The molecule has 4 heteroatoms. The number of fused-ring (bicyclic) bond motifs is 1. The van der Waals surface area contributed by atoms with Crippen molar-refractivity contribution in [1.29, 1.82) is 0 Å². The van der Waals surface area contributed by atoms with Crippen molar-refractivity contribution in [3.05, 3.63) is 29.8 Å². The fraction of sp³-hybridized carbons (Fsp3) is 0.727. The zero-order chi connectivity index (χ0) is 18.2. The van der Waals surface area contributed by atoms with Gasteiger partial charge in [-0.1, -0.05) is 31.4 Å². The topological polar surface area (TPSA) is 52.9 Å². The molecule has 1 aromatic carbocycles. The summed E-state index contributed by atoms with van der Waals surface area (Å²) in [5.41, 5.74) is -0.705. The minimum atomic E-state index is -0.993. The number of rotatable bonds is 5. The zero-order valence-corrected chi connectivity index (χ0v) is 16.0. The van der Waals surface area contributed by atoms with Gasteiger partial charge in [0.25, 0.3) is 0 Å². The molecule has 0 aromatic heterocycles. The number of methoxy groups -OCH3 is 1. The number of hydrogen-bond donors (Lipinski definition) is 2. The first-order valence-electron chi connectivity index (χ1n) is 10.4. The lowest BCUT2D eigenvalue weighted by atomic mass is 9.62. The molecule has 3 aliphatic rings. The van der Waals surface area contributed by atoms with Crippen molar-refractivity contribution in [3.8, 4) is 5.75 Å². The molecule has 2 saturated carbocycles. The van der Waals surface area contributed by atoms with E-state index in [0.29, 0.717) is 12.8 Å². The lowest BCUT2D eigenvalue weighted by molar-refractivity contribution is -0.236. The molecular weight excluding hydrogens is 326 g/mol. The summed E-state index contributed by atoms with van der Waals surface area (Å²) in [6.45, 7) is 1.97. The van der Waals surface area contributed by atoms with Crippen LogP contribution in [0.2, 0.25) is 0 Å². The van der Waals surface area contributed by atoms with Crippen LogP contribution in [0.5, 0.6) is 5.75 Å². The molecular formula is C22H33NO3. The quantitative estimate of drug-likeness (QED) is 0.848. The SMILES string of the molecule is COc1ccc(C[C@@H]2N(CC3CCC3)CC[C@@]3(O)CCCCC23O)cc1. The number of ether oxygens (including phenoxy) is 1. The molecule has 0 radical (unpaired) electrons. The molecule has 144 valence electrons. The minimum Gasteiger partial charge on any atom is -0.497 e. The Labute approximate surface area is 157 Å². The first-order chi connectivity index (χ1) is 12.5. The summed E-state index contributed by atoms with van der Waals surface area (Å²) < 4.78 is 5.28. The van der Waals surface area contributed by atoms with E-state index in [9.17, 15) is 10.2 Å². The monoisotopic (exact) mass is 359 g/mol. The minimum absolute atomic E-state index is 0.00413. The molecule has 0 bridgehead atoms. The summed E-state index contributed by atoms with van der Waals surface area (Å²) in [6.07, 6.45) is 8.95. The van der Waals surface area contributed by atoms with Gasteiger partial charge in [0.1, 0.15) is 11.4 Å². The molecule has 1 aromatic rings. The average molecular weight is 360 g/mol. The maximum Gasteiger partial charge on any atom is 0.118 e. The van der Waals surface area contributed by atoms with Crippen LogP contribution in [-0.2, 0) is 6.42 Å². The number of piperidine rings is 1. The summed E-state index contributed by atoms with van der Waals surface area (Å²) >= 11 is 0. The van der Waals surface area contributed by atoms with Crippen LogP contribution in [0.3, 0.4) is 0 Å². The molecule has 2 N–H and O–H groups in total. The van der Waals surface area contributed by atoms with Crippen LogP contribution in [0.25, 0.3) is 0 Å². The Bertz CT molecular complexity index is 614. The Morgan fingerprint density at radius 3 is 2.42 bits per heavy atom. The molecule has 1 aliphatic heterocycles. The molecule has 1 saturated heterocycles. The summed E-state index contributed by atoms with van der Waals surface area (Å²) in [4.78, 5) is 2.49. The van der Waals surface area contributed by atoms with Crippen LogP contribution in [0.4, 0.5) is 0 Å². The van der Waals surface area contributed by atoms with Crippen LogP contribution >= 0.6 is 0 Å². The van der Waals surface area contributed by atoms with E-state index in [-0.39, 0.29) is 6.04 Å². The van der Waals surface area contributed by atoms with Gasteiger partial charge in [0.05, 0.1) is 12.7 Å². The van der Waals surface area contributed by atoms with Gasteiger partial charge >= 0.3 is 0 Å². The van der Waals surface area contributed by atoms with Gasteiger partial charge in [0.15, 0.2) is 0 Å². The maximum absolute atomic E-state index is 11.7. The normalized spacial score (nSPS) is 35.6. The van der Waals surface area contributed by atoms with Crippen LogP contribution < -0.4 is 4.74 Å². The molecule has 1 heterocycles. The Morgan fingerprint density at radius 2 is 1.77 bits per heavy atom. The Hall–Kier alpha value is -1.10. The highest BCUT2D eigenvalue weighted by molar-refractivity contribution is 5.29. The maximum atomic E-state index is 11.7. The van der Waals surface area contributed by atoms with Gasteiger partial charge in [-0.15, -0.1) is 0 Å². The van der Waals surface area contributed by atoms with Crippen molar-refractivity contribution in [2.45, 2.75) is 75.0 Å². The first kappa shape index (κ1) is 18.3. The Morgan fingerprint density at radius 1 is 1.04 bits per heavy atom. The zero-order valence-electron chi connectivity index (χ0n) is 16.0. The van der Waals surface area contributed by atoms with Crippen molar-refractivity contribution < 1.29 is 14.9 Å². The van der Waals surface area contributed by atoms with Gasteiger partial charge in [-0.3, -0.25) is 4.90 Å². The van der Waals surface area contributed by atoms with Gasteiger partial charge in [-0.05, 0) is 62.1 Å². The summed E-state index contributed by atoms with van der Waals surface area (Å²) in [5, 5.41) is 23.0. The summed E-state index contributed by atoms with van der Waals surface area (Å²) in [7, 11) is 1.68. The molecule has 2 aliphatic carbocycles. The number of benzene rings is 1. The fourth-order valence-electron chi connectivity index (χ4n) is 5.37. The number of aliphatic hydroxyl groups is 2. The molecule has 3 fully saturated rings. The largest absolute Gasteiger partial charge is 0.497 e. The highest BCUT2D eigenvalue weighted by Gasteiger charge is 2.59. The Balaban J connectivity index is 1.60.